The Hall–Kier alpha value is -2.01. The first-order chi connectivity index (χ1) is 13.6. The van der Waals surface area contributed by atoms with E-state index in [2.05, 4.69) is 9.61 Å². The van der Waals surface area contributed by atoms with Crippen molar-refractivity contribution in [1.29, 1.82) is 0 Å². The van der Waals surface area contributed by atoms with Gasteiger partial charge in [-0.3, -0.25) is 14.8 Å². The van der Waals surface area contributed by atoms with E-state index in [-0.39, 0.29) is 17.9 Å². The van der Waals surface area contributed by atoms with Gasteiger partial charge in [-0.15, -0.1) is 0 Å². The van der Waals surface area contributed by atoms with E-state index in [9.17, 15) is 18.0 Å². The third-order valence-corrected chi connectivity index (χ3v) is 4.94. The van der Waals surface area contributed by atoms with Crippen molar-refractivity contribution in [3.8, 4) is 0 Å². The third-order valence-electron chi connectivity index (χ3n) is 3.47. The molecule has 0 radical (unpaired) electrons. The van der Waals surface area contributed by atoms with E-state index in [1.807, 2.05) is 0 Å². The zero-order chi connectivity index (χ0) is 23.2. The van der Waals surface area contributed by atoms with Crippen molar-refractivity contribution in [3.63, 3.8) is 0 Å². The van der Waals surface area contributed by atoms with Gasteiger partial charge in [-0.1, -0.05) is 12.1 Å². The van der Waals surface area contributed by atoms with Crippen LogP contribution >= 0.6 is 0 Å². The Kier molecular flexibility index (Phi) is 8.97. The fourth-order valence-electron chi connectivity index (χ4n) is 2.38. The van der Waals surface area contributed by atoms with Crippen LogP contribution in [0.4, 0.5) is 0 Å². The summed E-state index contributed by atoms with van der Waals surface area (Å²) in [5.41, 5.74) is -1.07. The highest BCUT2D eigenvalue weighted by Gasteiger charge is 2.33. The van der Waals surface area contributed by atoms with E-state index < -0.39 is 45.6 Å². The van der Waals surface area contributed by atoms with Crippen LogP contribution in [0, 0.1) is 0 Å². The second kappa shape index (κ2) is 10.3. The molecule has 0 aliphatic rings. The summed E-state index contributed by atoms with van der Waals surface area (Å²) in [7, 11) is -4.16. The first-order valence-corrected chi connectivity index (χ1v) is 10.9. The molecular weight excluding hydrogens is 414 g/mol. The molecule has 9 nitrogen and oxygen atoms in total. The van der Waals surface area contributed by atoms with E-state index in [0.29, 0.717) is 5.56 Å². The summed E-state index contributed by atoms with van der Waals surface area (Å²) < 4.78 is 38.4. The SMILES string of the molecule is CC(C)(C)OC(=O)C[C@H](NS(=O)(=O)c1cccc(CCOO)c1)C(=O)OC(C)(C)C. The molecule has 0 aliphatic carbocycles. The van der Waals surface area contributed by atoms with Crippen molar-refractivity contribution in [3.05, 3.63) is 29.8 Å². The zero-order valence-corrected chi connectivity index (χ0v) is 19.0. The first-order valence-electron chi connectivity index (χ1n) is 9.45. The molecule has 30 heavy (non-hydrogen) atoms. The number of esters is 2. The number of carbonyl (C=O) groups excluding carboxylic acids is 2. The fraction of sp³-hybridized carbons (Fsp3) is 0.600. The predicted molar refractivity (Wildman–Crippen MR) is 109 cm³/mol. The topological polar surface area (TPSA) is 128 Å². The Morgan fingerprint density at radius 1 is 1.07 bits per heavy atom. The molecule has 10 heteroatoms. The average Bonchev–Trinajstić information content (AvgIpc) is 2.56. The summed E-state index contributed by atoms with van der Waals surface area (Å²) in [6.45, 7) is 9.90. The van der Waals surface area contributed by atoms with Crippen LogP contribution in [-0.2, 0) is 40.4 Å². The highest BCUT2D eigenvalue weighted by atomic mass is 32.2. The molecule has 0 fully saturated rings. The molecule has 1 rings (SSSR count). The van der Waals surface area contributed by atoms with Crippen LogP contribution in [0.15, 0.2) is 29.2 Å². The fourth-order valence-corrected chi connectivity index (χ4v) is 3.64. The normalized spacial score (nSPS) is 13.6. The van der Waals surface area contributed by atoms with Gasteiger partial charge in [0.15, 0.2) is 0 Å². The van der Waals surface area contributed by atoms with Crippen molar-refractivity contribution in [1.82, 2.24) is 4.72 Å². The van der Waals surface area contributed by atoms with Crippen molar-refractivity contribution in [2.24, 2.45) is 0 Å². The molecule has 0 amide bonds. The molecular formula is C20H31NO8S. The molecule has 170 valence electrons. The molecule has 0 heterocycles. The largest absolute Gasteiger partial charge is 0.460 e. The smallest absolute Gasteiger partial charge is 0.325 e. The summed E-state index contributed by atoms with van der Waals surface area (Å²) in [4.78, 5) is 28.7. The summed E-state index contributed by atoms with van der Waals surface area (Å²) in [6.07, 6.45) is -0.239. The van der Waals surface area contributed by atoms with Crippen LogP contribution < -0.4 is 4.72 Å². The zero-order valence-electron chi connectivity index (χ0n) is 18.2. The highest BCUT2D eigenvalue weighted by Crippen LogP contribution is 2.17. The van der Waals surface area contributed by atoms with Gasteiger partial charge in [0.05, 0.1) is 17.9 Å². The van der Waals surface area contributed by atoms with Gasteiger partial charge < -0.3 is 9.47 Å². The molecule has 0 bridgehead atoms. The highest BCUT2D eigenvalue weighted by molar-refractivity contribution is 7.89. The van der Waals surface area contributed by atoms with Gasteiger partial charge in [0, 0.05) is 0 Å². The van der Waals surface area contributed by atoms with Gasteiger partial charge in [0.25, 0.3) is 0 Å². The van der Waals surface area contributed by atoms with Gasteiger partial charge in [-0.05, 0) is 65.7 Å². The number of ether oxygens (including phenoxy) is 2. The van der Waals surface area contributed by atoms with Crippen molar-refractivity contribution in [2.75, 3.05) is 6.61 Å². The van der Waals surface area contributed by atoms with Crippen LogP contribution in [-0.4, -0.2) is 49.5 Å². The quantitative estimate of drug-likeness (QED) is 0.337. The molecule has 0 spiro atoms. The van der Waals surface area contributed by atoms with Crippen LogP contribution in [0.5, 0.6) is 0 Å². The molecule has 0 aromatic heterocycles. The lowest BCUT2D eigenvalue weighted by Crippen LogP contribution is -2.46. The summed E-state index contributed by atoms with van der Waals surface area (Å²) in [5.74, 6) is -1.63. The molecule has 0 saturated heterocycles. The van der Waals surface area contributed by atoms with Crippen LogP contribution in [0.2, 0.25) is 0 Å². The lowest BCUT2D eigenvalue weighted by molar-refractivity contribution is -0.241. The Morgan fingerprint density at radius 3 is 2.20 bits per heavy atom. The number of carbonyl (C=O) groups is 2. The van der Waals surface area contributed by atoms with Gasteiger partial charge in [0.1, 0.15) is 17.2 Å². The minimum atomic E-state index is -4.16. The molecule has 1 atom stereocenters. The number of rotatable bonds is 9. The number of hydrogen-bond acceptors (Lipinski definition) is 8. The monoisotopic (exact) mass is 445 g/mol. The third kappa shape index (κ3) is 9.66. The lowest BCUT2D eigenvalue weighted by atomic mass is 10.1. The van der Waals surface area contributed by atoms with Crippen molar-refractivity contribution >= 4 is 22.0 Å². The summed E-state index contributed by atoms with van der Waals surface area (Å²) in [6, 6.07) is 4.47. The minimum Gasteiger partial charge on any atom is -0.460 e. The van der Waals surface area contributed by atoms with E-state index >= 15 is 0 Å². The lowest BCUT2D eigenvalue weighted by Gasteiger charge is -2.25. The Morgan fingerprint density at radius 2 is 1.67 bits per heavy atom. The second-order valence-corrected chi connectivity index (χ2v) is 10.4. The van der Waals surface area contributed by atoms with Crippen molar-refractivity contribution < 1.29 is 37.6 Å². The van der Waals surface area contributed by atoms with Gasteiger partial charge in [-0.2, -0.15) is 4.72 Å². The standard InChI is InChI=1S/C20H31NO8S/c1-19(2,3)28-17(22)13-16(18(23)29-20(4,5)6)21-30(25,26)15-9-7-8-14(12-15)10-11-27-24/h7-9,12,16,21,24H,10-11,13H2,1-6H3/t16-/m0/s1. The molecule has 0 unspecified atom stereocenters. The number of hydrogen-bond donors (Lipinski definition) is 2. The summed E-state index contributed by atoms with van der Waals surface area (Å²) in [5, 5.41) is 8.47. The van der Waals surface area contributed by atoms with Gasteiger partial charge >= 0.3 is 11.9 Å². The molecule has 1 aromatic carbocycles. The Balaban J connectivity index is 3.11. The Labute approximate surface area is 177 Å². The maximum absolute atomic E-state index is 12.9. The van der Waals surface area contributed by atoms with E-state index in [1.165, 1.54) is 18.2 Å². The molecule has 2 N–H and O–H groups in total. The number of benzene rings is 1. The Bertz CT molecular complexity index is 837. The van der Waals surface area contributed by atoms with Gasteiger partial charge in [-0.25, -0.2) is 13.3 Å². The molecule has 0 aliphatic heterocycles. The van der Waals surface area contributed by atoms with Crippen LogP contribution in [0.25, 0.3) is 0 Å². The van der Waals surface area contributed by atoms with E-state index in [1.54, 1.807) is 47.6 Å². The molecule has 1 aromatic rings. The van der Waals surface area contributed by atoms with Gasteiger partial charge in [0.2, 0.25) is 10.0 Å². The first kappa shape index (κ1) is 26.0. The number of nitrogens with one attached hydrogen (secondary N) is 1. The maximum Gasteiger partial charge on any atom is 0.325 e. The van der Waals surface area contributed by atoms with Crippen LogP contribution in [0.1, 0.15) is 53.5 Å². The van der Waals surface area contributed by atoms with E-state index in [0.717, 1.165) is 0 Å². The molecule has 0 saturated carbocycles. The summed E-state index contributed by atoms with van der Waals surface area (Å²) >= 11 is 0. The number of sulfonamides is 1. The van der Waals surface area contributed by atoms with Crippen LogP contribution in [0.3, 0.4) is 0 Å². The maximum atomic E-state index is 12.9. The average molecular weight is 446 g/mol. The minimum absolute atomic E-state index is 0.00386. The van der Waals surface area contributed by atoms with E-state index in [4.69, 9.17) is 14.7 Å². The second-order valence-electron chi connectivity index (χ2n) is 8.73. The van der Waals surface area contributed by atoms with Crippen molar-refractivity contribution in [2.45, 2.75) is 76.5 Å². The predicted octanol–water partition coefficient (Wildman–Crippen LogP) is 2.44.